The fourth-order valence-electron chi connectivity index (χ4n) is 3.99. The number of amides is 1. The number of para-hydroxylation sites is 1. The summed E-state index contributed by atoms with van der Waals surface area (Å²) in [6, 6.07) is 16.0. The maximum Gasteiger partial charge on any atom is 0.273 e. The smallest absolute Gasteiger partial charge is 0.273 e. The minimum absolute atomic E-state index is 0.132. The second kappa shape index (κ2) is 9.31. The molecule has 0 spiro atoms. The van der Waals surface area contributed by atoms with Crippen molar-refractivity contribution in [1.82, 2.24) is 14.5 Å². The van der Waals surface area contributed by atoms with Gasteiger partial charge in [-0.15, -0.1) is 0 Å². The third-order valence-corrected chi connectivity index (χ3v) is 6.62. The molecule has 1 heterocycles. The molecule has 0 bridgehead atoms. The lowest BCUT2D eigenvalue weighted by Crippen LogP contribution is -2.35. The van der Waals surface area contributed by atoms with Gasteiger partial charge in [-0.25, -0.2) is 4.98 Å². The molecule has 1 amide bonds. The van der Waals surface area contributed by atoms with Gasteiger partial charge in [-0.3, -0.25) is 24.3 Å². The van der Waals surface area contributed by atoms with Crippen LogP contribution in [0, 0.1) is 24.0 Å². The Balaban J connectivity index is 1.88. The maximum atomic E-state index is 13.6. The molecule has 4 aromatic rings. The van der Waals surface area contributed by atoms with Gasteiger partial charge in [-0.2, -0.15) is 0 Å². The van der Waals surface area contributed by atoms with E-state index in [1.165, 1.54) is 15.5 Å². The summed E-state index contributed by atoms with van der Waals surface area (Å²) in [6.07, 6.45) is 0. The zero-order valence-corrected chi connectivity index (χ0v) is 20.4. The van der Waals surface area contributed by atoms with Crippen LogP contribution in [0.4, 0.5) is 5.69 Å². The zero-order valence-electron chi connectivity index (χ0n) is 19.7. The van der Waals surface area contributed by atoms with Crippen molar-refractivity contribution >= 4 is 34.1 Å². The van der Waals surface area contributed by atoms with E-state index in [1.807, 2.05) is 6.92 Å². The van der Waals surface area contributed by atoms with E-state index in [2.05, 4.69) is 0 Å². The highest BCUT2D eigenvalue weighted by atomic mass is 35.5. The van der Waals surface area contributed by atoms with Crippen LogP contribution in [0.2, 0.25) is 5.02 Å². The molecule has 0 aliphatic heterocycles. The average molecular weight is 491 g/mol. The van der Waals surface area contributed by atoms with Crippen LogP contribution in [0.15, 0.2) is 65.5 Å². The molecule has 1 unspecified atom stereocenters. The second-order valence-corrected chi connectivity index (χ2v) is 8.77. The molecule has 0 fully saturated rings. The van der Waals surface area contributed by atoms with E-state index in [0.717, 1.165) is 0 Å². The number of carbonyl (C=O) groups is 1. The number of aryl methyl sites for hydroxylation is 1. The SMILES string of the molecule is Cc1ccc(C(=O)N(C)C(C)c2nc3ccccc3c(=O)n2-c2cccc(Cl)c2C)cc1[N+](=O)[O-]. The van der Waals surface area contributed by atoms with Crippen molar-refractivity contribution in [3.05, 3.63) is 109 Å². The first kappa shape index (κ1) is 24.1. The lowest BCUT2D eigenvalue weighted by Gasteiger charge is -2.27. The number of halogens is 1. The summed E-state index contributed by atoms with van der Waals surface area (Å²) in [5, 5.41) is 12.3. The second-order valence-electron chi connectivity index (χ2n) is 8.36. The Hall–Kier alpha value is -4.04. The molecule has 3 aromatic carbocycles. The first-order valence-corrected chi connectivity index (χ1v) is 11.3. The molecule has 0 N–H and O–H groups in total. The van der Waals surface area contributed by atoms with Crippen molar-refractivity contribution in [3.63, 3.8) is 0 Å². The van der Waals surface area contributed by atoms with Crippen molar-refractivity contribution in [2.75, 3.05) is 7.05 Å². The summed E-state index contributed by atoms with van der Waals surface area (Å²) in [5.41, 5.74) is 1.98. The van der Waals surface area contributed by atoms with Gasteiger partial charge in [0.15, 0.2) is 0 Å². The summed E-state index contributed by atoms with van der Waals surface area (Å²) in [7, 11) is 1.58. The monoisotopic (exact) mass is 490 g/mol. The van der Waals surface area contributed by atoms with Gasteiger partial charge in [-0.1, -0.05) is 35.9 Å². The molecular formula is C26H23ClN4O4. The van der Waals surface area contributed by atoms with Crippen molar-refractivity contribution < 1.29 is 9.72 Å². The number of aromatic nitrogens is 2. The van der Waals surface area contributed by atoms with Gasteiger partial charge in [0, 0.05) is 29.3 Å². The Morgan fingerprint density at radius 2 is 1.83 bits per heavy atom. The lowest BCUT2D eigenvalue weighted by molar-refractivity contribution is -0.385. The number of hydrogen-bond acceptors (Lipinski definition) is 5. The van der Waals surface area contributed by atoms with E-state index in [4.69, 9.17) is 16.6 Å². The highest BCUT2D eigenvalue weighted by Crippen LogP contribution is 2.28. The van der Waals surface area contributed by atoms with Crippen LogP contribution >= 0.6 is 11.6 Å². The van der Waals surface area contributed by atoms with Gasteiger partial charge in [0.25, 0.3) is 17.2 Å². The lowest BCUT2D eigenvalue weighted by atomic mass is 10.1. The van der Waals surface area contributed by atoms with Crippen LogP contribution in [-0.4, -0.2) is 32.3 Å². The van der Waals surface area contributed by atoms with Gasteiger partial charge < -0.3 is 4.90 Å². The molecule has 35 heavy (non-hydrogen) atoms. The maximum absolute atomic E-state index is 13.6. The number of carbonyl (C=O) groups excluding carboxylic acids is 1. The van der Waals surface area contributed by atoms with E-state index in [0.29, 0.717) is 38.6 Å². The molecule has 1 atom stereocenters. The Bertz CT molecular complexity index is 1550. The number of rotatable bonds is 5. The molecule has 0 aliphatic rings. The average Bonchev–Trinajstić information content (AvgIpc) is 2.85. The predicted octanol–water partition coefficient (Wildman–Crippen LogP) is 5.40. The molecule has 4 rings (SSSR count). The van der Waals surface area contributed by atoms with Gasteiger partial charge in [0.05, 0.1) is 27.6 Å². The predicted molar refractivity (Wildman–Crippen MR) is 135 cm³/mol. The molecule has 178 valence electrons. The highest BCUT2D eigenvalue weighted by molar-refractivity contribution is 6.31. The molecule has 0 saturated carbocycles. The fraction of sp³-hybridized carbons (Fsp3) is 0.192. The van der Waals surface area contributed by atoms with Crippen LogP contribution in [-0.2, 0) is 0 Å². The number of hydrogen-bond donors (Lipinski definition) is 0. The van der Waals surface area contributed by atoms with Crippen molar-refractivity contribution in [2.45, 2.75) is 26.8 Å². The van der Waals surface area contributed by atoms with Crippen LogP contribution in [0.5, 0.6) is 0 Å². The van der Waals surface area contributed by atoms with Crippen LogP contribution in [0.25, 0.3) is 16.6 Å². The molecular weight excluding hydrogens is 468 g/mol. The number of benzene rings is 3. The van der Waals surface area contributed by atoms with E-state index < -0.39 is 16.9 Å². The van der Waals surface area contributed by atoms with E-state index in [9.17, 15) is 19.7 Å². The van der Waals surface area contributed by atoms with E-state index in [1.54, 1.807) is 75.5 Å². The third-order valence-electron chi connectivity index (χ3n) is 6.21. The standard InChI is InChI=1S/C26H23ClN4O4/c1-15-12-13-18(14-23(15)31(34)35)25(32)29(4)17(3)24-28-21-10-6-5-8-19(21)26(33)30(24)22-11-7-9-20(27)16(22)2/h5-14,17H,1-4H3. The van der Waals surface area contributed by atoms with Gasteiger partial charge in [0.1, 0.15) is 5.82 Å². The first-order chi connectivity index (χ1) is 16.6. The number of fused-ring (bicyclic) bond motifs is 1. The fourth-order valence-corrected chi connectivity index (χ4v) is 4.16. The topological polar surface area (TPSA) is 98.3 Å². The number of nitro groups is 1. The van der Waals surface area contributed by atoms with Gasteiger partial charge in [-0.05, 0) is 56.7 Å². The molecule has 9 heteroatoms. The molecule has 8 nitrogen and oxygen atoms in total. The molecule has 0 radical (unpaired) electrons. The Morgan fingerprint density at radius 1 is 1.11 bits per heavy atom. The Kier molecular flexibility index (Phi) is 6.41. The minimum atomic E-state index is -0.654. The third kappa shape index (κ3) is 4.28. The summed E-state index contributed by atoms with van der Waals surface area (Å²) in [6.45, 7) is 5.19. The van der Waals surface area contributed by atoms with E-state index in [-0.39, 0.29) is 16.8 Å². The summed E-state index contributed by atoms with van der Waals surface area (Å²) >= 11 is 6.36. The zero-order chi connectivity index (χ0) is 25.4. The van der Waals surface area contributed by atoms with Crippen molar-refractivity contribution in [2.24, 2.45) is 0 Å². The molecule has 0 saturated heterocycles. The normalized spacial score (nSPS) is 11.9. The number of nitrogens with zero attached hydrogens (tertiary/aromatic N) is 4. The first-order valence-electron chi connectivity index (χ1n) is 10.9. The van der Waals surface area contributed by atoms with Gasteiger partial charge >= 0.3 is 0 Å². The largest absolute Gasteiger partial charge is 0.332 e. The van der Waals surface area contributed by atoms with Crippen molar-refractivity contribution in [1.29, 1.82) is 0 Å². The summed E-state index contributed by atoms with van der Waals surface area (Å²) < 4.78 is 1.48. The number of nitro benzene ring substituents is 1. The Labute approximate surface area is 206 Å². The Morgan fingerprint density at radius 3 is 2.54 bits per heavy atom. The van der Waals surface area contributed by atoms with Crippen molar-refractivity contribution in [3.8, 4) is 5.69 Å². The molecule has 1 aromatic heterocycles. The summed E-state index contributed by atoms with van der Waals surface area (Å²) in [4.78, 5) is 44.0. The van der Waals surface area contributed by atoms with E-state index >= 15 is 0 Å². The van der Waals surface area contributed by atoms with Crippen LogP contribution in [0.1, 0.15) is 40.3 Å². The highest BCUT2D eigenvalue weighted by Gasteiger charge is 2.27. The van der Waals surface area contributed by atoms with Crippen LogP contribution in [0.3, 0.4) is 0 Å². The molecule has 0 aliphatic carbocycles. The van der Waals surface area contributed by atoms with Crippen LogP contribution < -0.4 is 5.56 Å². The van der Waals surface area contributed by atoms with Gasteiger partial charge in [0.2, 0.25) is 0 Å². The minimum Gasteiger partial charge on any atom is -0.332 e. The summed E-state index contributed by atoms with van der Waals surface area (Å²) in [5.74, 6) is -0.0890. The quantitative estimate of drug-likeness (QED) is 0.275.